The Bertz CT molecular complexity index is 836. The van der Waals surface area contributed by atoms with Crippen LogP contribution in [0, 0.1) is 6.92 Å². The lowest BCUT2D eigenvalue weighted by atomic mass is 9.79. The highest BCUT2D eigenvalue weighted by Gasteiger charge is 2.28. The summed E-state index contributed by atoms with van der Waals surface area (Å²) in [5, 5.41) is 9.76. The Morgan fingerprint density at radius 2 is 1.96 bits per heavy atom. The predicted octanol–water partition coefficient (Wildman–Crippen LogP) is 1.02. The largest absolute Gasteiger partial charge is 0.497 e. The molecule has 1 aliphatic rings. The molecule has 0 saturated heterocycles. The van der Waals surface area contributed by atoms with Crippen molar-refractivity contribution in [3.8, 4) is 5.75 Å². The van der Waals surface area contributed by atoms with Gasteiger partial charge in [0.05, 0.1) is 24.3 Å². The van der Waals surface area contributed by atoms with Gasteiger partial charge in [0.15, 0.2) is 0 Å². The fourth-order valence-corrected chi connectivity index (χ4v) is 3.59. The van der Waals surface area contributed by atoms with Crippen LogP contribution in [-0.2, 0) is 21.3 Å². The molecule has 0 amide bonds. The van der Waals surface area contributed by atoms with Gasteiger partial charge < -0.3 is 14.4 Å². The quantitative estimate of drug-likeness (QED) is 0.816. The lowest BCUT2D eigenvalue weighted by Crippen LogP contribution is -2.29. The Balaban J connectivity index is 1.92. The minimum absolute atomic E-state index is 0.134. The Morgan fingerprint density at radius 3 is 2.61 bits per heavy atom. The highest BCUT2D eigenvalue weighted by molar-refractivity contribution is 7.92. The number of methoxy groups -OCH3 is 1. The SMILES string of the molecule is COc1ccc(S(=O)(=O)Nc2cc3c(cc2C)COB3O)cc1. The van der Waals surface area contributed by atoms with E-state index < -0.39 is 17.1 Å². The van der Waals surface area contributed by atoms with Gasteiger partial charge in [-0.1, -0.05) is 6.07 Å². The van der Waals surface area contributed by atoms with Gasteiger partial charge >= 0.3 is 7.12 Å². The Kier molecular flexibility index (Phi) is 4.05. The second-order valence-electron chi connectivity index (χ2n) is 5.31. The van der Waals surface area contributed by atoms with Crippen LogP contribution in [0.3, 0.4) is 0 Å². The van der Waals surface area contributed by atoms with E-state index in [1.165, 1.54) is 19.2 Å². The third-order valence-electron chi connectivity index (χ3n) is 3.76. The highest BCUT2D eigenvalue weighted by atomic mass is 32.2. The van der Waals surface area contributed by atoms with Gasteiger partial charge in [-0.25, -0.2) is 8.42 Å². The summed E-state index contributed by atoms with van der Waals surface area (Å²) < 4.78 is 37.7. The second kappa shape index (κ2) is 5.88. The van der Waals surface area contributed by atoms with Crippen LogP contribution in [0.2, 0.25) is 0 Å². The number of ether oxygens (including phenoxy) is 1. The standard InChI is InChI=1S/C15H16BNO5S/c1-10-7-11-9-22-16(18)14(11)8-15(10)17-23(19,20)13-5-3-12(21-2)4-6-13/h3-8,17-18H,9H2,1-2H3. The third-order valence-corrected chi connectivity index (χ3v) is 5.14. The van der Waals surface area contributed by atoms with Gasteiger partial charge in [0.1, 0.15) is 5.75 Å². The van der Waals surface area contributed by atoms with Crippen molar-refractivity contribution in [2.45, 2.75) is 18.4 Å². The first kappa shape index (κ1) is 15.9. The van der Waals surface area contributed by atoms with Gasteiger partial charge in [-0.2, -0.15) is 0 Å². The summed E-state index contributed by atoms with van der Waals surface area (Å²) in [4.78, 5) is 0.134. The van der Waals surface area contributed by atoms with Crippen LogP contribution >= 0.6 is 0 Å². The van der Waals surface area contributed by atoms with Gasteiger partial charge in [-0.15, -0.1) is 0 Å². The number of hydrogen-bond acceptors (Lipinski definition) is 5. The van der Waals surface area contributed by atoms with E-state index in [0.29, 0.717) is 23.5 Å². The molecule has 0 radical (unpaired) electrons. The summed E-state index contributed by atoms with van der Waals surface area (Å²) in [6, 6.07) is 9.55. The van der Waals surface area contributed by atoms with Crippen molar-refractivity contribution in [2.24, 2.45) is 0 Å². The molecule has 8 heteroatoms. The zero-order valence-electron chi connectivity index (χ0n) is 12.7. The van der Waals surface area contributed by atoms with Gasteiger partial charge in [-0.3, -0.25) is 4.72 Å². The summed E-state index contributed by atoms with van der Waals surface area (Å²) in [7, 11) is -3.23. The maximum Gasteiger partial charge on any atom is 0.491 e. The van der Waals surface area contributed by atoms with Crippen molar-refractivity contribution in [2.75, 3.05) is 11.8 Å². The fourth-order valence-electron chi connectivity index (χ4n) is 2.47. The molecule has 2 aromatic rings. The maximum absolute atomic E-state index is 12.5. The average molecular weight is 333 g/mol. The van der Waals surface area contributed by atoms with Crippen LogP contribution in [0.1, 0.15) is 11.1 Å². The molecule has 2 N–H and O–H groups in total. The van der Waals surface area contributed by atoms with Crippen molar-refractivity contribution in [3.05, 3.63) is 47.5 Å². The Labute approximate surface area is 135 Å². The predicted molar refractivity (Wildman–Crippen MR) is 87.4 cm³/mol. The van der Waals surface area contributed by atoms with Crippen LogP contribution in [0.5, 0.6) is 5.75 Å². The number of aryl methyl sites for hydroxylation is 1. The fraction of sp³-hybridized carbons (Fsp3) is 0.200. The first-order valence-corrected chi connectivity index (χ1v) is 8.49. The number of nitrogens with one attached hydrogen (secondary N) is 1. The van der Waals surface area contributed by atoms with E-state index in [0.717, 1.165) is 11.1 Å². The van der Waals surface area contributed by atoms with Crippen LogP contribution in [0.4, 0.5) is 5.69 Å². The lowest BCUT2D eigenvalue weighted by Gasteiger charge is -2.13. The highest BCUT2D eigenvalue weighted by Crippen LogP contribution is 2.23. The summed E-state index contributed by atoms with van der Waals surface area (Å²) in [5.74, 6) is 0.581. The van der Waals surface area contributed by atoms with Crippen LogP contribution in [0.25, 0.3) is 0 Å². The van der Waals surface area contributed by atoms with E-state index in [-0.39, 0.29) is 4.90 Å². The molecule has 23 heavy (non-hydrogen) atoms. The van der Waals surface area contributed by atoms with E-state index in [1.807, 2.05) is 6.07 Å². The molecule has 0 atom stereocenters. The summed E-state index contributed by atoms with van der Waals surface area (Å²) in [6.45, 7) is 2.12. The minimum Gasteiger partial charge on any atom is -0.497 e. The molecule has 0 unspecified atom stereocenters. The molecule has 6 nitrogen and oxygen atoms in total. The molecule has 0 saturated carbocycles. The molecule has 3 rings (SSSR count). The van der Waals surface area contributed by atoms with E-state index in [4.69, 9.17) is 9.39 Å². The van der Waals surface area contributed by atoms with Crippen molar-refractivity contribution >= 4 is 28.3 Å². The van der Waals surface area contributed by atoms with E-state index >= 15 is 0 Å². The first-order chi connectivity index (χ1) is 10.9. The maximum atomic E-state index is 12.5. The molecular weight excluding hydrogens is 317 g/mol. The number of hydrogen-bond donors (Lipinski definition) is 2. The molecule has 1 heterocycles. The molecule has 0 bridgehead atoms. The van der Waals surface area contributed by atoms with Crippen LogP contribution in [0.15, 0.2) is 41.3 Å². The van der Waals surface area contributed by atoms with E-state index in [2.05, 4.69) is 4.72 Å². The number of rotatable bonds is 4. The lowest BCUT2D eigenvalue weighted by molar-refractivity contribution is 0.275. The van der Waals surface area contributed by atoms with Gasteiger partial charge in [0.2, 0.25) is 0 Å². The van der Waals surface area contributed by atoms with Crippen molar-refractivity contribution in [1.29, 1.82) is 0 Å². The van der Waals surface area contributed by atoms with Crippen molar-refractivity contribution in [3.63, 3.8) is 0 Å². The first-order valence-electron chi connectivity index (χ1n) is 7.00. The molecule has 0 aromatic heterocycles. The van der Waals surface area contributed by atoms with Crippen LogP contribution in [-0.4, -0.2) is 27.7 Å². The molecule has 1 aliphatic heterocycles. The third kappa shape index (κ3) is 3.05. The van der Waals surface area contributed by atoms with Crippen molar-refractivity contribution < 1.29 is 22.8 Å². The molecule has 120 valence electrons. The molecule has 2 aromatic carbocycles. The number of anilines is 1. The van der Waals surface area contributed by atoms with E-state index in [9.17, 15) is 13.4 Å². The molecule has 0 fully saturated rings. The average Bonchev–Trinajstić information content (AvgIpc) is 2.88. The summed E-state index contributed by atoms with van der Waals surface area (Å²) in [5.41, 5.74) is 2.63. The van der Waals surface area contributed by atoms with Gasteiger partial charge in [0.25, 0.3) is 10.0 Å². The van der Waals surface area contributed by atoms with E-state index in [1.54, 1.807) is 25.1 Å². The van der Waals surface area contributed by atoms with Gasteiger partial charge in [-0.05, 0) is 53.8 Å². The minimum atomic E-state index is -3.72. The zero-order chi connectivity index (χ0) is 16.6. The zero-order valence-corrected chi connectivity index (χ0v) is 13.6. The van der Waals surface area contributed by atoms with Crippen LogP contribution < -0.4 is 14.9 Å². The Morgan fingerprint density at radius 1 is 1.26 bits per heavy atom. The topological polar surface area (TPSA) is 84.9 Å². The smallest absolute Gasteiger partial charge is 0.491 e. The molecule has 0 aliphatic carbocycles. The Hall–Kier alpha value is -2.03. The molecular formula is C15H16BNO5S. The summed E-state index contributed by atoms with van der Waals surface area (Å²) >= 11 is 0. The van der Waals surface area contributed by atoms with Crippen molar-refractivity contribution in [1.82, 2.24) is 0 Å². The number of sulfonamides is 1. The summed E-state index contributed by atoms with van der Waals surface area (Å²) in [6.07, 6.45) is 0. The normalized spacial score (nSPS) is 13.8. The monoisotopic (exact) mass is 333 g/mol. The number of fused-ring (bicyclic) bond motifs is 1. The number of benzene rings is 2. The van der Waals surface area contributed by atoms with Gasteiger partial charge in [0, 0.05) is 0 Å². The second-order valence-corrected chi connectivity index (χ2v) is 6.99. The molecule has 0 spiro atoms.